The van der Waals surface area contributed by atoms with Gasteiger partial charge in [-0.15, -0.1) is 8.19 Å². The van der Waals surface area contributed by atoms with Crippen LogP contribution in [-0.4, -0.2) is 36.5 Å². The summed E-state index contributed by atoms with van der Waals surface area (Å²) in [4.78, 5) is 0.106. The largest absolute Gasteiger partial charge is 0.269 e. The molecule has 6 heteroatoms. The maximum atomic E-state index is 13.9. The van der Waals surface area contributed by atoms with E-state index in [1.54, 1.807) is 37.0 Å². The molecule has 0 saturated heterocycles. The maximum absolute atomic E-state index is 13.9. The third-order valence-electron chi connectivity index (χ3n) is 4.21. The molecule has 0 bridgehead atoms. The Morgan fingerprint density at radius 3 is 1.65 bits per heavy atom. The van der Waals surface area contributed by atoms with E-state index >= 15 is 0 Å². The number of thiol groups is 1. The number of hydrogen-bond acceptors (Lipinski definition) is 0. The predicted octanol–water partition coefficient (Wildman–Crippen LogP) is 5.45. The summed E-state index contributed by atoms with van der Waals surface area (Å²) in [5, 5.41) is 0. The summed E-state index contributed by atoms with van der Waals surface area (Å²) in [6.45, 7) is 3.58. The molecule has 0 fully saturated rings. The smallest absolute Gasteiger partial charge is 0.220 e. The zero-order valence-electron chi connectivity index (χ0n) is 12.1. The first-order valence-electron chi connectivity index (χ1n) is 5.99. The van der Waals surface area contributed by atoms with Gasteiger partial charge in [-0.2, -0.15) is 0 Å². The lowest BCUT2D eigenvalue weighted by atomic mass is 10.2. The zero-order valence-corrected chi connectivity index (χ0v) is 13.8. The molecule has 1 aromatic carbocycles. The average molecular weight is 330 g/mol. The molecular weight excluding hydrogens is 308 g/mol. The van der Waals surface area contributed by atoms with Crippen LogP contribution in [0.4, 0.5) is 17.6 Å². The van der Waals surface area contributed by atoms with E-state index < -0.39 is 28.8 Å². The summed E-state index contributed by atoms with van der Waals surface area (Å²) < 4.78 is 55.7. The third-order valence-corrected chi connectivity index (χ3v) is 21.0. The van der Waals surface area contributed by atoms with Crippen molar-refractivity contribution in [1.29, 1.82) is 0 Å². The fourth-order valence-corrected chi connectivity index (χ4v) is 10.4. The first kappa shape index (κ1) is 17.4. The van der Waals surface area contributed by atoms with Gasteiger partial charge in [0.2, 0.25) is 0 Å². The molecule has 118 valence electrons. The Labute approximate surface area is 119 Å². The monoisotopic (exact) mass is 330 g/mol. The Balaban J connectivity index is 3.72. The van der Waals surface area contributed by atoms with Crippen molar-refractivity contribution in [2.45, 2.75) is 16.4 Å². The maximum Gasteiger partial charge on any atom is 0.269 e. The van der Waals surface area contributed by atoms with Crippen molar-refractivity contribution in [3.8, 4) is 0 Å². The van der Waals surface area contributed by atoms with Gasteiger partial charge in [0.25, 0.3) is 11.5 Å². The minimum atomic E-state index is -4.68. The summed E-state index contributed by atoms with van der Waals surface area (Å²) in [6.07, 6.45) is 7.38. The lowest BCUT2D eigenvalue weighted by Crippen LogP contribution is -2.35. The van der Waals surface area contributed by atoms with Crippen LogP contribution in [0.2, 0.25) is 0 Å². The summed E-state index contributed by atoms with van der Waals surface area (Å²) in [5.41, 5.74) is 0.728. The van der Waals surface area contributed by atoms with E-state index in [9.17, 15) is 17.6 Å². The van der Waals surface area contributed by atoms with Crippen LogP contribution in [0.15, 0.2) is 35.7 Å². The molecule has 0 radical (unpaired) electrons. The van der Waals surface area contributed by atoms with Gasteiger partial charge in [-0.1, -0.05) is 24.8 Å². The van der Waals surface area contributed by atoms with Gasteiger partial charge in [0, 0.05) is 0 Å². The molecule has 20 heavy (non-hydrogen) atoms. The molecule has 0 N–H and O–H groups in total. The third kappa shape index (κ3) is 2.08. The van der Waals surface area contributed by atoms with Crippen LogP contribution in [0.3, 0.4) is 0 Å². The number of alkyl halides is 4. The molecule has 0 aliphatic rings. The quantitative estimate of drug-likeness (QED) is 0.414. The Bertz CT molecular complexity index is 481. The summed E-state index contributed by atoms with van der Waals surface area (Å²) in [7, 11) is -6.87. The van der Waals surface area contributed by atoms with Crippen LogP contribution in [0.5, 0.6) is 0 Å². The van der Waals surface area contributed by atoms with Gasteiger partial charge < -0.3 is 0 Å². The molecule has 0 aliphatic heterocycles. The molecule has 0 nitrogen and oxygen atoms in total. The molecule has 0 aromatic heterocycles. The van der Waals surface area contributed by atoms with E-state index in [2.05, 4.69) is 6.58 Å². The van der Waals surface area contributed by atoms with Gasteiger partial charge in [-0.05, 0) is 47.6 Å². The van der Waals surface area contributed by atoms with Crippen LogP contribution in [0.1, 0.15) is 5.56 Å². The normalized spacial score (nSPS) is 16.0. The summed E-state index contributed by atoms with van der Waals surface area (Å²) >= 11 is 0. The first-order chi connectivity index (χ1) is 9.00. The van der Waals surface area contributed by atoms with Gasteiger partial charge >= 0.3 is 0 Å². The minimum absolute atomic E-state index is 0.106. The summed E-state index contributed by atoms with van der Waals surface area (Å²) in [6, 6.07) is 5.99. The number of rotatable bonds is 5. The standard InChI is InChI=1S/C14H22F4S2/c1-6-11-7-9-12(10-8-11)20(5,13(15)16,14(17)18)19(2,3)4/h6-10,13-14,20H,1H2,2-5H3. The van der Waals surface area contributed by atoms with Crippen molar-refractivity contribution in [3.05, 3.63) is 36.4 Å². The minimum Gasteiger partial charge on any atom is -0.220 e. The topological polar surface area (TPSA) is 0 Å². The SMILES string of the molecule is C=Cc1ccc([SH](C)(C(F)F)(C(F)F)S(C)(C)C)cc1. The van der Waals surface area contributed by atoms with Crippen molar-refractivity contribution in [2.24, 2.45) is 0 Å². The van der Waals surface area contributed by atoms with Crippen molar-refractivity contribution in [2.75, 3.05) is 25.0 Å². The Kier molecular flexibility index (Phi) is 4.62. The van der Waals surface area contributed by atoms with Crippen LogP contribution >= 0.6 is 17.3 Å². The highest BCUT2D eigenvalue weighted by atomic mass is 33.2. The van der Waals surface area contributed by atoms with Crippen LogP contribution in [0.25, 0.3) is 6.08 Å². The van der Waals surface area contributed by atoms with Crippen LogP contribution in [-0.2, 0) is 0 Å². The zero-order chi connectivity index (χ0) is 15.8. The Hall–Kier alpha value is -0.620. The predicted molar refractivity (Wildman–Crippen MR) is 87.1 cm³/mol. The molecule has 0 saturated carbocycles. The highest BCUT2D eigenvalue weighted by Gasteiger charge is 2.60. The Morgan fingerprint density at radius 1 is 1.00 bits per heavy atom. The lowest BCUT2D eigenvalue weighted by Gasteiger charge is -2.68. The van der Waals surface area contributed by atoms with E-state index in [1.165, 1.54) is 12.1 Å². The van der Waals surface area contributed by atoms with E-state index in [0.29, 0.717) is 0 Å². The number of hydrogen-bond donors (Lipinski definition) is 1. The molecule has 0 amide bonds. The van der Waals surface area contributed by atoms with Gasteiger partial charge in [0.05, 0.1) is 0 Å². The number of halogens is 4. The van der Waals surface area contributed by atoms with Crippen molar-refractivity contribution < 1.29 is 17.6 Å². The second-order valence-corrected chi connectivity index (χ2v) is 20.1. The molecule has 1 rings (SSSR count). The van der Waals surface area contributed by atoms with Crippen molar-refractivity contribution >= 4 is 23.3 Å². The summed E-state index contributed by atoms with van der Waals surface area (Å²) in [5.74, 6) is -6.07. The Morgan fingerprint density at radius 2 is 1.40 bits per heavy atom. The first-order valence-corrected chi connectivity index (χ1v) is 12.3. The van der Waals surface area contributed by atoms with Gasteiger partial charge in [-0.3, -0.25) is 0 Å². The van der Waals surface area contributed by atoms with E-state index in [4.69, 9.17) is 0 Å². The van der Waals surface area contributed by atoms with E-state index in [1.807, 2.05) is 0 Å². The van der Waals surface area contributed by atoms with Crippen LogP contribution < -0.4 is 0 Å². The van der Waals surface area contributed by atoms with E-state index in [-0.39, 0.29) is 4.90 Å². The van der Waals surface area contributed by atoms with Gasteiger partial charge in [0.15, 0.2) is 0 Å². The average Bonchev–Trinajstić information content (AvgIpc) is 2.36. The molecule has 1 aromatic rings. The lowest BCUT2D eigenvalue weighted by molar-refractivity contribution is 0.205. The molecule has 0 heterocycles. The van der Waals surface area contributed by atoms with Gasteiger partial charge in [-0.25, -0.2) is 26.6 Å². The number of benzene rings is 1. The van der Waals surface area contributed by atoms with Crippen molar-refractivity contribution in [3.63, 3.8) is 0 Å². The second kappa shape index (κ2) is 5.30. The van der Waals surface area contributed by atoms with E-state index in [0.717, 1.165) is 11.8 Å². The highest BCUT2D eigenvalue weighted by Crippen LogP contribution is 2.98. The van der Waals surface area contributed by atoms with Gasteiger partial charge in [0.1, 0.15) is 0 Å². The molecule has 0 atom stereocenters. The molecule has 0 spiro atoms. The van der Waals surface area contributed by atoms with Crippen LogP contribution in [0, 0.1) is 0 Å². The highest BCUT2D eigenvalue weighted by molar-refractivity contribution is 9.15. The van der Waals surface area contributed by atoms with Crippen molar-refractivity contribution in [1.82, 2.24) is 0 Å². The second-order valence-electron chi connectivity index (χ2n) is 5.76. The molecule has 0 unspecified atom stereocenters. The fraction of sp³-hybridized carbons (Fsp3) is 0.429. The molecular formula is C14H22F4S2. The molecule has 0 aliphatic carbocycles. The fourth-order valence-electron chi connectivity index (χ4n) is 2.10.